The van der Waals surface area contributed by atoms with E-state index in [1.165, 1.54) is 10.4 Å². The van der Waals surface area contributed by atoms with E-state index in [1.807, 2.05) is 72.8 Å². The maximum atomic E-state index is 15.0. The SMILES string of the molecule is C[C@H](O)[C@H](CCO[Si](c1ccccc1)(c1ccccc1)C(C)(C)C)P(=O)(c1ccccc1)c1ccccc1. The van der Waals surface area contributed by atoms with Crippen LogP contribution in [0.1, 0.15) is 34.1 Å². The van der Waals surface area contributed by atoms with E-state index in [9.17, 15) is 5.11 Å². The summed E-state index contributed by atoms with van der Waals surface area (Å²) < 4.78 is 22.2. The monoisotopic (exact) mass is 542 g/mol. The highest BCUT2D eigenvalue weighted by molar-refractivity contribution is 7.79. The van der Waals surface area contributed by atoms with E-state index in [0.29, 0.717) is 13.0 Å². The van der Waals surface area contributed by atoms with E-state index in [0.717, 1.165) is 10.6 Å². The number of benzene rings is 4. The molecular weight excluding hydrogens is 503 g/mol. The summed E-state index contributed by atoms with van der Waals surface area (Å²) >= 11 is 0. The van der Waals surface area contributed by atoms with Gasteiger partial charge in [0, 0.05) is 22.9 Å². The van der Waals surface area contributed by atoms with Gasteiger partial charge in [-0.15, -0.1) is 0 Å². The summed E-state index contributed by atoms with van der Waals surface area (Å²) in [4.78, 5) is 0. The van der Waals surface area contributed by atoms with E-state index < -0.39 is 27.2 Å². The molecule has 0 radical (unpaired) electrons. The molecule has 198 valence electrons. The Kier molecular flexibility index (Phi) is 8.90. The molecule has 4 aromatic rings. The van der Waals surface area contributed by atoms with Gasteiger partial charge in [0.2, 0.25) is 0 Å². The van der Waals surface area contributed by atoms with Crippen molar-refractivity contribution in [2.75, 3.05) is 6.61 Å². The molecule has 5 heteroatoms. The minimum absolute atomic E-state index is 0.154. The third-order valence-corrected chi connectivity index (χ3v) is 16.2. The standard InChI is InChI=1S/C33H39O3PSi/c1-27(34)32(37(35,28-17-9-5-10-18-28)29-19-11-6-12-20-29)25-26-36-38(33(2,3)4,30-21-13-7-14-22-30)31-23-15-8-16-24-31/h5-24,27,32,34H,25-26H2,1-4H3/t27-,32-/m0/s1. The Morgan fingerprint density at radius 2 is 1.08 bits per heavy atom. The van der Waals surface area contributed by atoms with Crippen molar-refractivity contribution in [3.8, 4) is 0 Å². The zero-order chi connectivity index (χ0) is 27.2. The Balaban J connectivity index is 1.75. The van der Waals surface area contributed by atoms with Crippen molar-refractivity contribution in [3.63, 3.8) is 0 Å². The maximum Gasteiger partial charge on any atom is 0.261 e. The third-order valence-electron chi connectivity index (χ3n) is 7.45. The molecule has 1 N–H and O–H groups in total. The number of rotatable bonds is 10. The summed E-state index contributed by atoms with van der Waals surface area (Å²) in [5, 5.41) is 14.9. The lowest BCUT2D eigenvalue weighted by Crippen LogP contribution is -2.66. The van der Waals surface area contributed by atoms with Crippen molar-refractivity contribution < 1.29 is 14.1 Å². The molecule has 0 aliphatic heterocycles. The fraction of sp³-hybridized carbons (Fsp3) is 0.273. The van der Waals surface area contributed by atoms with Crippen LogP contribution in [-0.2, 0) is 8.99 Å². The van der Waals surface area contributed by atoms with Gasteiger partial charge in [0.05, 0.1) is 6.10 Å². The van der Waals surface area contributed by atoms with Crippen LogP contribution in [-0.4, -0.2) is 31.8 Å². The van der Waals surface area contributed by atoms with E-state index >= 15 is 4.57 Å². The first-order valence-corrected chi connectivity index (χ1v) is 17.0. The second-order valence-electron chi connectivity index (χ2n) is 10.9. The highest BCUT2D eigenvalue weighted by Gasteiger charge is 2.50. The highest BCUT2D eigenvalue weighted by atomic mass is 31.2. The van der Waals surface area contributed by atoms with Crippen LogP contribution in [0.2, 0.25) is 5.04 Å². The number of aliphatic hydroxyl groups is 1. The first-order valence-electron chi connectivity index (χ1n) is 13.4. The topological polar surface area (TPSA) is 46.5 Å². The summed E-state index contributed by atoms with van der Waals surface area (Å²) in [5.41, 5.74) is -0.481. The highest BCUT2D eigenvalue weighted by Crippen LogP contribution is 2.51. The van der Waals surface area contributed by atoms with Crippen LogP contribution in [0.5, 0.6) is 0 Å². The third kappa shape index (κ3) is 5.51. The summed E-state index contributed by atoms with van der Waals surface area (Å²) in [6, 6.07) is 40.3. The second-order valence-corrected chi connectivity index (χ2v) is 18.3. The first kappa shape index (κ1) is 28.3. The molecule has 4 aromatic carbocycles. The van der Waals surface area contributed by atoms with Crippen LogP contribution < -0.4 is 21.0 Å². The minimum Gasteiger partial charge on any atom is -0.407 e. The van der Waals surface area contributed by atoms with E-state index in [2.05, 4.69) is 69.3 Å². The molecule has 0 aliphatic rings. The molecule has 0 aliphatic carbocycles. The predicted molar refractivity (Wildman–Crippen MR) is 163 cm³/mol. The molecule has 38 heavy (non-hydrogen) atoms. The van der Waals surface area contributed by atoms with E-state index in [1.54, 1.807) is 6.92 Å². The van der Waals surface area contributed by atoms with Gasteiger partial charge in [0.25, 0.3) is 8.32 Å². The van der Waals surface area contributed by atoms with Gasteiger partial charge in [-0.1, -0.05) is 142 Å². The summed E-state index contributed by atoms with van der Waals surface area (Å²) in [6.07, 6.45) is -0.299. The molecule has 0 bridgehead atoms. The quantitative estimate of drug-likeness (QED) is 0.206. The molecule has 0 unspecified atom stereocenters. The van der Waals surface area contributed by atoms with Crippen LogP contribution in [0, 0.1) is 0 Å². The Morgan fingerprint density at radius 1 is 0.711 bits per heavy atom. The molecule has 0 spiro atoms. The summed E-state index contributed by atoms with van der Waals surface area (Å²) in [5.74, 6) is 0. The van der Waals surface area contributed by atoms with Crippen LogP contribution in [0.3, 0.4) is 0 Å². The molecule has 4 rings (SSSR count). The fourth-order valence-corrected chi connectivity index (χ4v) is 13.6. The number of hydrogen-bond donors (Lipinski definition) is 1. The summed E-state index contributed by atoms with van der Waals surface area (Å²) in [7, 11) is -5.91. The van der Waals surface area contributed by atoms with Crippen molar-refractivity contribution in [1.29, 1.82) is 0 Å². The average molecular weight is 543 g/mol. The van der Waals surface area contributed by atoms with Gasteiger partial charge in [-0.05, 0) is 28.8 Å². The van der Waals surface area contributed by atoms with E-state index in [4.69, 9.17) is 4.43 Å². The maximum absolute atomic E-state index is 15.0. The lowest BCUT2D eigenvalue weighted by molar-refractivity contribution is 0.171. The van der Waals surface area contributed by atoms with Gasteiger partial charge in [0.15, 0.2) is 0 Å². The van der Waals surface area contributed by atoms with Crippen LogP contribution in [0.4, 0.5) is 0 Å². The Morgan fingerprint density at radius 3 is 1.42 bits per heavy atom. The van der Waals surface area contributed by atoms with Gasteiger partial charge in [-0.25, -0.2) is 0 Å². The zero-order valence-corrected chi connectivity index (χ0v) is 24.7. The zero-order valence-electron chi connectivity index (χ0n) is 22.8. The second kappa shape index (κ2) is 12.0. The van der Waals surface area contributed by atoms with Gasteiger partial charge in [-0.3, -0.25) is 0 Å². The lowest BCUT2D eigenvalue weighted by Gasteiger charge is -2.43. The average Bonchev–Trinajstić information content (AvgIpc) is 2.94. The number of aliphatic hydroxyl groups excluding tert-OH is 1. The minimum atomic E-state index is -3.17. The van der Waals surface area contributed by atoms with Crippen LogP contribution in [0.25, 0.3) is 0 Å². The molecule has 0 saturated carbocycles. The van der Waals surface area contributed by atoms with Crippen molar-refractivity contribution >= 4 is 36.4 Å². The number of hydrogen-bond acceptors (Lipinski definition) is 3. The lowest BCUT2D eigenvalue weighted by atomic mass is 10.2. The normalized spacial score (nSPS) is 14.1. The van der Waals surface area contributed by atoms with Gasteiger partial charge in [-0.2, -0.15) is 0 Å². The van der Waals surface area contributed by atoms with Crippen molar-refractivity contribution in [1.82, 2.24) is 0 Å². The Hall–Kier alpha value is -2.75. The molecule has 3 nitrogen and oxygen atoms in total. The molecule has 2 atom stereocenters. The molecule has 0 amide bonds. The van der Waals surface area contributed by atoms with E-state index in [-0.39, 0.29) is 5.04 Å². The van der Waals surface area contributed by atoms with Gasteiger partial charge < -0.3 is 14.1 Å². The van der Waals surface area contributed by atoms with Crippen LogP contribution in [0.15, 0.2) is 121 Å². The Labute approximate surface area is 229 Å². The van der Waals surface area contributed by atoms with Crippen molar-refractivity contribution in [2.45, 2.75) is 50.9 Å². The van der Waals surface area contributed by atoms with Crippen LogP contribution >= 0.6 is 7.14 Å². The van der Waals surface area contributed by atoms with Gasteiger partial charge in [0.1, 0.15) is 7.14 Å². The smallest absolute Gasteiger partial charge is 0.261 e. The molecular formula is C33H39O3PSi. The molecule has 0 fully saturated rings. The Bertz CT molecular complexity index is 1240. The molecule has 0 heterocycles. The van der Waals surface area contributed by atoms with Crippen molar-refractivity contribution in [3.05, 3.63) is 121 Å². The fourth-order valence-electron chi connectivity index (χ4n) is 5.65. The predicted octanol–water partition coefficient (Wildman–Crippen LogP) is 5.72. The van der Waals surface area contributed by atoms with Gasteiger partial charge >= 0.3 is 0 Å². The molecule has 0 saturated heterocycles. The molecule has 0 aromatic heterocycles. The van der Waals surface area contributed by atoms with Crippen molar-refractivity contribution in [2.24, 2.45) is 0 Å². The first-order chi connectivity index (χ1) is 18.2. The largest absolute Gasteiger partial charge is 0.407 e. The summed E-state index contributed by atoms with van der Waals surface area (Å²) in [6.45, 7) is 8.91.